The van der Waals surface area contributed by atoms with Crippen LogP contribution in [0.4, 0.5) is 5.69 Å². The molecule has 0 saturated heterocycles. The predicted octanol–water partition coefficient (Wildman–Crippen LogP) is 2.88. The first-order valence-electron chi connectivity index (χ1n) is 6.54. The normalized spacial score (nSPS) is 10.7. The topological polar surface area (TPSA) is 82.0 Å². The van der Waals surface area contributed by atoms with E-state index in [4.69, 9.17) is 19.6 Å². The van der Waals surface area contributed by atoms with E-state index >= 15 is 0 Å². The molecule has 3 N–H and O–H groups in total. The Labute approximate surface area is 146 Å². The second-order valence-corrected chi connectivity index (χ2v) is 4.29. The zero-order chi connectivity index (χ0) is 15.1. The molecule has 0 bridgehead atoms. The molecule has 0 radical (unpaired) electrons. The van der Waals surface area contributed by atoms with Crippen LogP contribution in [0.1, 0.15) is 5.76 Å². The predicted molar refractivity (Wildman–Crippen MR) is 97.5 cm³/mol. The number of nitrogens with one attached hydrogen (secondary N) is 1. The monoisotopic (exact) mass is 417 g/mol. The number of furan rings is 1. The van der Waals surface area contributed by atoms with Crippen molar-refractivity contribution in [2.45, 2.75) is 6.42 Å². The fraction of sp³-hybridized carbons (Fsp3) is 0.267. The minimum absolute atomic E-state index is 0. The van der Waals surface area contributed by atoms with E-state index in [2.05, 4.69) is 10.3 Å². The fourth-order valence-corrected chi connectivity index (χ4v) is 1.84. The second kappa shape index (κ2) is 9.19. The number of hydrogen-bond donors (Lipinski definition) is 2. The fourth-order valence-electron chi connectivity index (χ4n) is 1.84. The Morgan fingerprint density at radius 2 is 2.00 bits per heavy atom. The van der Waals surface area contributed by atoms with Gasteiger partial charge in [-0.05, 0) is 24.3 Å². The van der Waals surface area contributed by atoms with Gasteiger partial charge in [0.05, 0.1) is 20.5 Å². The van der Waals surface area contributed by atoms with Crippen LogP contribution in [0.25, 0.3) is 0 Å². The minimum atomic E-state index is 0. The zero-order valence-electron chi connectivity index (χ0n) is 12.5. The molecule has 0 aliphatic carbocycles. The molecule has 1 heterocycles. The van der Waals surface area contributed by atoms with Gasteiger partial charge in [-0.1, -0.05) is 0 Å². The van der Waals surface area contributed by atoms with Crippen LogP contribution < -0.4 is 20.5 Å². The summed E-state index contributed by atoms with van der Waals surface area (Å²) in [4.78, 5) is 4.24. The van der Waals surface area contributed by atoms with Crippen LogP contribution in [-0.2, 0) is 6.42 Å². The molecule has 0 saturated carbocycles. The number of rotatable bonds is 6. The van der Waals surface area contributed by atoms with E-state index in [9.17, 15) is 0 Å². The third kappa shape index (κ3) is 5.14. The Kier molecular flexibility index (Phi) is 7.58. The van der Waals surface area contributed by atoms with Gasteiger partial charge in [0.1, 0.15) is 5.76 Å². The molecular weight excluding hydrogens is 397 g/mol. The first-order chi connectivity index (χ1) is 10.2. The largest absolute Gasteiger partial charge is 0.493 e. The number of nitrogens with zero attached hydrogens (tertiary/aromatic N) is 1. The molecule has 0 spiro atoms. The van der Waals surface area contributed by atoms with Crippen LogP contribution in [0, 0.1) is 0 Å². The average molecular weight is 417 g/mol. The van der Waals surface area contributed by atoms with E-state index in [0.717, 1.165) is 11.4 Å². The van der Waals surface area contributed by atoms with Crippen molar-refractivity contribution < 1.29 is 13.9 Å². The molecule has 22 heavy (non-hydrogen) atoms. The summed E-state index contributed by atoms with van der Waals surface area (Å²) in [5.41, 5.74) is 6.63. The summed E-state index contributed by atoms with van der Waals surface area (Å²) in [6.45, 7) is 0.555. The van der Waals surface area contributed by atoms with Crippen LogP contribution >= 0.6 is 24.0 Å². The van der Waals surface area contributed by atoms with Gasteiger partial charge >= 0.3 is 0 Å². The number of nitrogens with two attached hydrogens (primary N) is 1. The maximum Gasteiger partial charge on any atom is 0.193 e. The highest BCUT2D eigenvalue weighted by atomic mass is 127. The van der Waals surface area contributed by atoms with Crippen LogP contribution in [0.15, 0.2) is 46.0 Å². The van der Waals surface area contributed by atoms with Gasteiger partial charge in [0.25, 0.3) is 0 Å². The first-order valence-corrected chi connectivity index (χ1v) is 6.54. The van der Waals surface area contributed by atoms with Crippen LogP contribution in [0.5, 0.6) is 11.5 Å². The Morgan fingerprint density at radius 3 is 2.64 bits per heavy atom. The van der Waals surface area contributed by atoms with Gasteiger partial charge in [0, 0.05) is 24.7 Å². The maximum atomic E-state index is 5.84. The van der Waals surface area contributed by atoms with Crippen molar-refractivity contribution in [2.75, 3.05) is 26.1 Å². The van der Waals surface area contributed by atoms with E-state index in [1.165, 1.54) is 0 Å². The van der Waals surface area contributed by atoms with E-state index in [-0.39, 0.29) is 24.0 Å². The van der Waals surface area contributed by atoms with Gasteiger partial charge in [-0.2, -0.15) is 0 Å². The first kappa shape index (κ1) is 18.1. The van der Waals surface area contributed by atoms with Crippen molar-refractivity contribution in [3.63, 3.8) is 0 Å². The van der Waals surface area contributed by atoms with Crippen LogP contribution in [0.2, 0.25) is 0 Å². The van der Waals surface area contributed by atoms with E-state index in [0.29, 0.717) is 30.4 Å². The number of aliphatic imine (C=N–C) groups is 1. The number of methoxy groups -OCH3 is 2. The second-order valence-electron chi connectivity index (χ2n) is 4.29. The lowest BCUT2D eigenvalue weighted by Gasteiger charge is -2.10. The van der Waals surface area contributed by atoms with Gasteiger partial charge in [-0.25, -0.2) is 0 Å². The lowest BCUT2D eigenvalue weighted by Crippen LogP contribution is -2.23. The van der Waals surface area contributed by atoms with Crippen molar-refractivity contribution in [1.29, 1.82) is 0 Å². The summed E-state index contributed by atoms with van der Waals surface area (Å²) >= 11 is 0. The Hall–Kier alpha value is -1.90. The molecule has 2 rings (SSSR count). The van der Waals surface area contributed by atoms with Crippen LogP contribution in [-0.4, -0.2) is 26.7 Å². The van der Waals surface area contributed by atoms with Gasteiger partial charge in [-0.15, -0.1) is 24.0 Å². The lowest BCUT2D eigenvalue weighted by molar-refractivity contribution is 0.355. The highest BCUT2D eigenvalue weighted by Gasteiger charge is 2.05. The quantitative estimate of drug-likeness (QED) is 0.429. The number of halogens is 1. The molecule has 1 aromatic carbocycles. The zero-order valence-corrected chi connectivity index (χ0v) is 14.9. The number of guanidine groups is 1. The molecule has 1 aromatic heterocycles. The van der Waals surface area contributed by atoms with Gasteiger partial charge < -0.3 is 24.9 Å². The Bertz CT molecular complexity index is 600. The SMILES string of the molecule is COc1ccc(NC(N)=NCCc2ccco2)cc1OC.I. The molecule has 0 unspecified atom stereocenters. The standard InChI is InChI=1S/C15H19N3O3.HI/c1-19-13-6-5-11(10-14(13)20-2)18-15(16)17-8-7-12-4-3-9-21-12;/h3-6,9-10H,7-8H2,1-2H3,(H3,16,17,18);1H. The Morgan fingerprint density at radius 1 is 1.23 bits per heavy atom. The summed E-state index contributed by atoms with van der Waals surface area (Å²) in [6.07, 6.45) is 2.35. The summed E-state index contributed by atoms with van der Waals surface area (Å²) < 4.78 is 15.6. The van der Waals surface area contributed by atoms with Crippen molar-refractivity contribution in [3.05, 3.63) is 42.4 Å². The molecule has 120 valence electrons. The van der Waals surface area contributed by atoms with Gasteiger partial charge in [0.2, 0.25) is 0 Å². The number of ether oxygens (including phenoxy) is 2. The molecule has 0 atom stereocenters. The Balaban J connectivity index is 0.00000242. The summed E-state index contributed by atoms with van der Waals surface area (Å²) in [6, 6.07) is 9.21. The molecule has 6 nitrogen and oxygen atoms in total. The van der Waals surface area contributed by atoms with Crippen molar-refractivity contribution >= 4 is 35.6 Å². The lowest BCUT2D eigenvalue weighted by atomic mass is 10.3. The molecule has 0 aliphatic rings. The molecule has 2 aromatic rings. The maximum absolute atomic E-state index is 5.84. The number of hydrogen-bond acceptors (Lipinski definition) is 4. The molecule has 7 heteroatoms. The van der Waals surface area contributed by atoms with E-state index in [1.807, 2.05) is 18.2 Å². The van der Waals surface area contributed by atoms with Crippen molar-refractivity contribution in [1.82, 2.24) is 0 Å². The summed E-state index contributed by atoms with van der Waals surface area (Å²) in [5.74, 6) is 2.52. The molecule has 0 aliphatic heterocycles. The summed E-state index contributed by atoms with van der Waals surface area (Å²) in [5, 5.41) is 3.01. The van der Waals surface area contributed by atoms with Crippen molar-refractivity contribution in [3.8, 4) is 11.5 Å². The van der Waals surface area contributed by atoms with Crippen molar-refractivity contribution in [2.24, 2.45) is 10.7 Å². The highest BCUT2D eigenvalue weighted by Crippen LogP contribution is 2.29. The van der Waals surface area contributed by atoms with Crippen LogP contribution in [0.3, 0.4) is 0 Å². The minimum Gasteiger partial charge on any atom is -0.493 e. The van der Waals surface area contributed by atoms with E-state index in [1.54, 1.807) is 32.6 Å². The highest BCUT2D eigenvalue weighted by molar-refractivity contribution is 14.0. The molecule has 0 amide bonds. The molecule has 0 fully saturated rings. The third-order valence-electron chi connectivity index (χ3n) is 2.88. The average Bonchev–Trinajstić information content (AvgIpc) is 3.00. The van der Waals surface area contributed by atoms with Gasteiger partial charge in [-0.3, -0.25) is 4.99 Å². The van der Waals surface area contributed by atoms with E-state index < -0.39 is 0 Å². The number of benzene rings is 1. The smallest absolute Gasteiger partial charge is 0.193 e. The van der Waals surface area contributed by atoms with Gasteiger partial charge in [0.15, 0.2) is 17.5 Å². The summed E-state index contributed by atoms with van der Waals surface area (Å²) in [7, 11) is 3.18. The molecular formula is C15H20IN3O3. The third-order valence-corrected chi connectivity index (χ3v) is 2.88. The number of anilines is 1.